The lowest BCUT2D eigenvalue weighted by molar-refractivity contribution is 0.250. The summed E-state index contributed by atoms with van der Waals surface area (Å²) in [6, 6.07) is 13.4. The van der Waals surface area contributed by atoms with Crippen LogP contribution in [0.25, 0.3) is 0 Å². The third-order valence-corrected chi connectivity index (χ3v) is 4.18. The molecule has 3 heteroatoms. The Labute approximate surface area is 121 Å². The molecule has 1 atom stereocenters. The Morgan fingerprint density at radius 1 is 1.05 bits per heavy atom. The van der Waals surface area contributed by atoms with Gasteiger partial charge in [-0.2, -0.15) is 0 Å². The van der Waals surface area contributed by atoms with Crippen molar-refractivity contribution in [3.05, 3.63) is 59.9 Å². The van der Waals surface area contributed by atoms with Crippen molar-refractivity contribution in [2.75, 3.05) is 13.1 Å². The first-order chi connectivity index (χ1) is 9.85. The van der Waals surface area contributed by atoms with Crippen molar-refractivity contribution in [1.29, 1.82) is 0 Å². The molecular formula is C17H23N3. The minimum Gasteiger partial charge on any atom is -0.350 e. The van der Waals surface area contributed by atoms with Crippen LogP contribution in [-0.2, 0) is 13.1 Å². The normalized spacial score (nSPS) is 19.6. The van der Waals surface area contributed by atoms with Gasteiger partial charge in [-0.25, -0.2) is 0 Å². The summed E-state index contributed by atoms with van der Waals surface area (Å²) in [7, 11) is 0. The number of likely N-dealkylation sites (tertiary alicyclic amines) is 1. The lowest BCUT2D eigenvalue weighted by atomic mass is 10.2. The first-order valence-electron chi connectivity index (χ1n) is 7.48. The van der Waals surface area contributed by atoms with Crippen LogP contribution in [0.2, 0.25) is 0 Å². The van der Waals surface area contributed by atoms with E-state index in [0.717, 1.165) is 19.6 Å². The Balaban J connectivity index is 1.62. The van der Waals surface area contributed by atoms with Gasteiger partial charge in [0.25, 0.3) is 0 Å². The van der Waals surface area contributed by atoms with Crippen LogP contribution in [0.5, 0.6) is 0 Å². The Kier molecular flexibility index (Phi) is 4.19. The topological polar surface area (TPSA) is 34.2 Å². The summed E-state index contributed by atoms with van der Waals surface area (Å²) in [5, 5.41) is 0. The summed E-state index contributed by atoms with van der Waals surface area (Å²) in [4.78, 5) is 2.52. The molecule has 1 aromatic carbocycles. The standard InChI is InChI=1S/C17H23N3/c18-11-17-7-4-9-20(17)14-16-8-10-19(13-16)12-15-5-2-1-3-6-15/h1-3,5-6,8,10,13,17H,4,7,9,11-12,14,18H2/t17-/m1/s1. The van der Waals surface area contributed by atoms with E-state index in [2.05, 4.69) is 58.3 Å². The van der Waals surface area contributed by atoms with Gasteiger partial charge in [-0.05, 0) is 36.6 Å². The Morgan fingerprint density at radius 3 is 2.70 bits per heavy atom. The van der Waals surface area contributed by atoms with Crippen LogP contribution in [-0.4, -0.2) is 28.6 Å². The van der Waals surface area contributed by atoms with Gasteiger partial charge >= 0.3 is 0 Å². The highest BCUT2D eigenvalue weighted by Gasteiger charge is 2.22. The molecule has 0 bridgehead atoms. The summed E-state index contributed by atoms with van der Waals surface area (Å²) >= 11 is 0. The smallest absolute Gasteiger partial charge is 0.0470 e. The van der Waals surface area contributed by atoms with Crippen LogP contribution in [0, 0.1) is 0 Å². The molecule has 1 fully saturated rings. The summed E-state index contributed by atoms with van der Waals surface area (Å²) in [5.41, 5.74) is 8.57. The zero-order valence-corrected chi connectivity index (χ0v) is 11.9. The third kappa shape index (κ3) is 3.11. The van der Waals surface area contributed by atoms with Crippen LogP contribution in [0.15, 0.2) is 48.8 Å². The second-order valence-electron chi connectivity index (χ2n) is 5.68. The molecule has 0 unspecified atom stereocenters. The van der Waals surface area contributed by atoms with Crippen molar-refractivity contribution < 1.29 is 0 Å². The first-order valence-corrected chi connectivity index (χ1v) is 7.48. The minimum atomic E-state index is 0.576. The number of rotatable bonds is 5. The molecule has 2 heterocycles. The molecule has 0 spiro atoms. The highest BCUT2D eigenvalue weighted by molar-refractivity contribution is 5.17. The lowest BCUT2D eigenvalue weighted by Crippen LogP contribution is -2.34. The van der Waals surface area contributed by atoms with E-state index in [9.17, 15) is 0 Å². The molecule has 1 aliphatic heterocycles. The van der Waals surface area contributed by atoms with Crippen LogP contribution in [0.4, 0.5) is 0 Å². The summed E-state index contributed by atoms with van der Waals surface area (Å²) < 4.78 is 2.26. The highest BCUT2D eigenvalue weighted by Crippen LogP contribution is 2.19. The molecule has 3 rings (SSSR count). The largest absolute Gasteiger partial charge is 0.350 e. The van der Waals surface area contributed by atoms with Gasteiger partial charge in [0.1, 0.15) is 0 Å². The predicted molar refractivity (Wildman–Crippen MR) is 82.5 cm³/mol. The van der Waals surface area contributed by atoms with Crippen molar-refractivity contribution in [1.82, 2.24) is 9.47 Å². The Bertz CT molecular complexity index is 532. The third-order valence-electron chi connectivity index (χ3n) is 4.18. The molecule has 1 saturated heterocycles. The number of nitrogens with two attached hydrogens (primary N) is 1. The fourth-order valence-corrected chi connectivity index (χ4v) is 3.08. The number of aromatic nitrogens is 1. The number of hydrogen-bond acceptors (Lipinski definition) is 2. The number of nitrogens with zero attached hydrogens (tertiary/aromatic N) is 2. The molecule has 0 saturated carbocycles. The fraction of sp³-hybridized carbons (Fsp3) is 0.412. The molecule has 0 radical (unpaired) electrons. The SMILES string of the molecule is NC[C@H]1CCCN1Cc1ccn(Cc2ccccc2)c1. The van der Waals surface area contributed by atoms with E-state index in [4.69, 9.17) is 5.73 Å². The molecular weight excluding hydrogens is 246 g/mol. The highest BCUT2D eigenvalue weighted by atomic mass is 15.2. The summed E-state index contributed by atoms with van der Waals surface area (Å²) in [6.07, 6.45) is 6.97. The quantitative estimate of drug-likeness (QED) is 0.904. The van der Waals surface area contributed by atoms with Crippen molar-refractivity contribution >= 4 is 0 Å². The molecule has 106 valence electrons. The monoisotopic (exact) mass is 269 g/mol. The number of benzene rings is 1. The number of hydrogen-bond donors (Lipinski definition) is 1. The minimum absolute atomic E-state index is 0.576. The molecule has 0 aliphatic carbocycles. The van der Waals surface area contributed by atoms with Gasteiger partial charge in [0.15, 0.2) is 0 Å². The van der Waals surface area contributed by atoms with E-state index in [1.165, 1.54) is 30.5 Å². The van der Waals surface area contributed by atoms with Crippen molar-refractivity contribution in [2.24, 2.45) is 5.73 Å². The van der Waals surface area contributed by atoms with Gasteiger partial charge in [-0.1, -0.05) is 30.3 Å². The van der Waals surface area contributed by atoms with Gasteiger partial charge in [-0.15, -0.1) is 0 Å². The van der Waals surface area contributed by atoms with E-state index in [-0.39, 0.29) is 0 Å². The zero-order chi connectivity index (χ0) is 13.8. The van der Waals surface area contributed by atoms with Crippen LogP contribution in [0.3, 0.4) is 0 Å². The van der Waals surface area contributed by atoms with Crippen LogP contribution >= 0.6 is 0 Å². The zero-order valence-electron chi connectivity index (χ0n) is 11.9. The predicted octanol–water partition coefficient (Wildman–Crippen LogP) is 2.46. The molecule has 0 amide bonds. The van der Waals surface area contributed by atoms with E-state index in [0.29, 0.717) is 6.04 Å². The van der Waals surface area contributed by atoms with Gasteiger partial charge < -0.3 is 10.3 Å². The van der Waals surface area contributed by atoms with E-state index < -0.39 is 0 Å². The first kappa shape index (κ1) is 13.4. The van der Waals surface area contributed by atoms with E-state index in [1.807, 2.05) is 0 Å². The molecule has 2 N–H and O–H groups in total. The van der Waals surface area contributed by atoms with Crippen molar-refractivity contribution in [3.63, 3.8) is 0 Å². The molecule has 3 nitrogen and oxygen atoms in total. The van der Waals surface area contributed by atoms with E-state index in [1.54, 1.807) is 0 Å². The maximum absolute atomic E-state index is 5.84. The maximum atomic E-state index is 5.84. The summed E-state index contributed by atoms with van der Waals surface area (Å²) in [5.74, 6) is 0. The van der Waals surface area contributed by atoms with E-state index >= 15 is 0 Å². The van der Waals surface area contributed by atoms with Crippen LogP contribution in [0.1, 0.15) is 24.0 Å². The fourth-order valence-electron chi connectivity index (χ4n) is 3.08. The summed E-state index contributed by atoms with van der Waals surface area (Å²) in [6.45, 7) is 3.95. The average Bonchev–Trinajstić information content (AvgIpc) is 3.10. The molecule has 1 aliphatic rings. The molecule has 1 aromatic heterocycles. The average molecular weight is 269 g/mol. The Morgan fingerprint density at radius 2 is 1.90 bits per heavy atom. The Hall–Kier alpha value is -1.58. The molecule has 2 aromatic rings. The molecule has 20 heavy (non-hydrogen) atoms. The maximum Gasteiger partial charge on any atom is 0.0470 e. The van der Waals surface area contributed by atoms with Gasteiger partial charge in [-0.3, -0.25) is 4.90 Å². The van der Waals surface area contributed by atoms with Gasteiger partial charge in [0.2, 0.25) is 0 Å². The van der Waals surface area contributed by atoms with Crippen molar-refractivity contribution in [3.8, 4) is 0 Å². The van der Waals surface area contributed by atoms with Crippen molar-refractivity contribution in [2.45, 2.75) is 32.0 Å². The van der Waals surface area contributed by atoms with Crippen LogP contribution < -0.4 is 5.73 Å². The van der Waals surface area contributed by atoms with Gasteiger partial charge in [0.05, 0.1) is 0 Å². The lowest BCUT2D eigenvalue weighted by Gasteiger charge is -2.22. The second-order valence-corrected chi connectivity index (χ2v) is 5.68. The van der Waals surface area contributed by atoms with Gasteiger partial charge in [0, 0.05) is 38.1 Å². The second kappa shape index (κ2) is 6.25.